The maximum Gasteiger partial charge on any atom is 0.238 e. The number of hydrogen-bond donors (Lipinski definition) is 1. The molecule has 6 nitrogen and oxygen atoms in total. The maximum absolute atomic E-state index is 13.1. The lowest BCUT2D eigenvalue weighted by molar-refractivity contribution is -0.117. The number of methoxy groups -OCH3 is 2. The minimum absolute atomic E-state index is 0.121. The molecule has 1 aliphatic rings. The number of carbonyl (C=O) groups is 1. The van der Waals surface area contributed by atoms with Crippen LogP contribution in [0.25, 0.3) is 0 Å². The van der Waals surface area contributed by atoms with E-state index >= 15 is 0 Å². The Morgan fingerprint density at radius 2 is 1.70 bits per heavy atom. The van der Waals surface area contributed by atoms with E-state index in [2.05, 4.69) is 15.1 Å². The number of hydrogen-bond acceptors (Lipinski definition) is 5. The van der Waals surface area contributed by atoms with Crippen LogP contribution in [0.4, 0.5) is 10.1 Å². The van der Waals surface area contributed by atoms with Crippen molar-refractivity contribution in [2.45, 2.75) is 13.0 Å². The normalized spacial score (nSPS) is 15.5. The molecule has 1 saturated heterocycles. The molecule has 3 rings (SSSR count). The van der Waals surface area contributed by atoms with Gasteiger partial charge in [-0.3, -0.25) is 14.6 Å². The van der Waals surface area contributed by atoms with Gasteiger partial charge >= 0.3 is 0 Å². The Labute approximate surface area is 181 Å². The molecule has 30 heavy (non-hydrogen) atoms. The van der Waals surface area contributed by atoms with Gasteiger partial charge in [0, 0.05) is 31.8 Å². The first kappa shape index (κ1) is 22.3. The zero-order valence-corrected chi connectivity index (χ0v) is 18.0. The van der Waals surface area contributed by atoms with Gasteiger partial charge in [0.05, 0.1) is 31.5 Å². The fraction of sp³-hybridized carbons (Fsp3) is 0.409. The van der Waals surface area contributed by atoms with Crippen LogP contribution in [-0.2, 0) is 11.3 Å². The van der Waals surface area contributed by atoms with Gasteiger partial charge in [-0.1, -0.05) is 23.7 Å². The second-order valence-corrected chi connectivity index (χ2v) is 7.67. The molecule has 0 saturated carbocycles. The molecule has 0 spiro atoms. The van der Waals surface area contributed by atoms with Gasteiger partial charge in [-0.2, -0.15) is 0 Å². The Hall–Kier alpha value is -2.35. The van der Waals surface area contributed by atoms with E-state index in [0.29, 0.717) is 28.8 Å². The summed E-state index contributed by atoms with van der Waals surface area (Å²) in [7, 11) is 3.05. The molecule has 8 heteroatoms. The van der Waals surface area contributed by atoms with Gasteiger partial charge in [0.1, 0.15) is 17.3 Å². The summed E-state index contributed by atoms with van der Waals surface area (Å²) in [6, 6.07) is 9.90. The standard InChI is InChI=1S/C22H27ClFN3O3/c1-29-20-13-19(21(30-2)12-18(20)23)25-22(28)15-27-9-3-8-26(10-11-27)14-16-4-6-17(24)7-5-16/h4-7,12-13H,3,8-11,14-15H2,1-2H3,(H,25,28). The first-order chi connectivity index (χ1) is 14.5. The van der Waals surface area contributed by atoms with E-state index in [-0.39, 0.29) is 11.7 Å². The third-order valence-corrected chi connectivity index (χ3v) is 5.41. The monoisotopic (exact) mass is 435 g/mol. The van der Waals surface area contributed by atoms with Crippen LogP contribution >= 0.6 is 11.6 Å². The number of nitrogens with one attached hydrogen (secondary N) is 1. The fourth-order valence-electron chi connectivity index (χ4n) is 3.54. The van der Waals surface area contributed by atoms with Crippen LogP contribution in [0, 0.1) is 5.82 Å². The zero-order chi connectivity index (χ0) is 21.5. The van der Waals surface area contributed by atoms with Crippen LogP contribution in [0.1, 0.15) is 12.0 Å². The van der Waals surface area contributed by atoms with Gasteiger partial charge in [-0.15, -0.1) is 0 Å². The van der Waals surface area contributed by atoms with Crippen LogP contribution in [0.2, 0.25) is 5.02 Å². The van der Waals surface area contributed by atoms with Crippen molar-refractivity contribution in [2.24, 2.45) is 0 Å². The summed E-state index contributed by atoms with van der Waals surface area (Å²) in [6.07, 6.45) is 0.965. The second kappa shape index (κ2) is 10.6. The largest absolute Gasteiger partial charge is 0.495 e. The molecule has 1 N–H and O–H groups in total. The third-order valence-electron chi connectivity index (χ3n) is 5.12. The van der Waals surface area contributed by atoms with Crippen molar-refractivity contribution in [2.75, 3.05) is 52.3 Å². The first-order valence-corrected chi connectivity index (χ1v) is 10.3. The summed E-state index contributed by atoms with van der Waals surface area (Å²) in [6.45, 7) is 4.49. The summed E-state index contributed by atoms with van der Waals surface area (Å²) in [5.41, 5.74) is 1.61. The minimum Gasteiger partial charge on any atom is -0.495 e. The Morgan fingerprint density at radius 1 is 1.03 bits per heavy atom. The minimum atomic E-state index is -0.221. The molecule has 1 aliphatic heterocycles. The highest BCUT2D eigenvalue weighted by molar-refractivity contribution is 6.32. The van der Waals surface area contributed by atoms with Gasteiger partial charge in [-0.25, -0.2) is 4.39 Å². The van der Waals surface area contributed by atoms with E-state index in [1.54, 1.807) is 12.1 Å². The molecular formula is C22H27ClFN3O3. The average Bonchev–Trinajstić information content (AvgIpc) is 2.95. The quantitative estimate of drug-likeness (QED) is 0.719. The molecule has 162 valence electrons. The molecule has 0 radical (unpaired) electrons. The number of nitrogens with zero attached hydrogens (tertiary/aromatic N) is 2. The van der Waals surface area contributed by atoms with E-state index in [1.165, 1.54) is 26.4 Å². The summed E-state index contributed by atoms with van der Waals surface area (Å²) in [5, 5.41) is 3.31. The number of anilines is 1. The lowest BCUT2D eigenvalue weighted by Crippen LogP contribution is -2.36. The zero-order valence-electron chi connectivity index (χ0n) is 17.3. The molecule has 0 atom stereocenters. The van der Waals surface area contributed by atoms with Crippen LogP contribution in [0.5, 0.6) is 11.5 Å². The lowest BCUT2D eigenvalue weighted by atomic mass is 10.2. The van der Waals surface area contributed by atoms with E-state index in [1.807, 2.05) is 12.1 Å². The predicted molar refractivity (Wildman–Crippen MR) is 116 cm³/mol. The SMILES string of the molecule is COc1cc(NC(=O)CN2CCCN(Cc3ccc(F)cc3)CC2)c(OC)cc1Cl. The highest BCUT2D eigenvalue weighted by atomic mass is 35.5. The molecule has 2 aromatic carbocycles. The number of amides is 1. The highest BCUT2D eigenvalue weighted by Crippen LogP contribution is 2.35. The Balaban J connectivity index is 1.54. The average molecular weight is 436 g/mol. The molecule has 0 aromatic heterocycles. The number of rotatable bonds is 7. The molecule has 2 aromatic rings. The van der Waals surface area contributed by atoms with Gasteiger partial charge in [0.25, 0.3) is 0 Å². The molecule has 0 unspecified atom stereocenters. The van der Waals surface area contributed by atoms with Gasteiger partial charge in [0.15, 0.2) is 0 Å². The summed E-state index contributed by atoms with van der Waals surface area (Å²) < 4.78 is 23.6. The lowest BCUT2D eigenvalue weighted by Gasteiger charge is -2.22. The molecule has 0 bridgehead atoms. The molecule has 1 fully saturated rings. The summed E-state index contributed by atoms with van der Waals surface area (Å²) >= 11 is 6.12. The van der Waals surface area contributed by atoms with Gasteiger partial charge in [0.2, 0.25) is 5.91 Å². The third kappa shape index (κ3) is 6.08. The van der Waals surface area contributed by atoms with E-state index in [9.17, 15) is 9.18 Å². The Morgan fingerprint density at radius 3 is 2.40 bits per heavy atom. The molecule has 0 aliphatic carbocycles. The van der Waals surface area contributed by atoms with Crippen molar-refractivity contribution in [3.63, 3.8) is 0 Å². The van der Waals surface area contributed by atoms with Crippen LogP contribution in [0.3, 0.4) is 0 Å². The van der Waals surface area contributed by atoms with Crippen LogP contribution in [0.15, 0.2) is 36.4 Å². The van der Waals surface area contributed by atoms with Gasteiger partial charge < -0.3 is 14.8 Å². The molecule has 1 amide bonds. The smallest absolute Gasteiger partial charge is 0.238 e. The highest BCUT2D eigenvalue weighted by Gasteiger charge is 2.19. The number of carbonyl (C=O) groups excluding carboxylic acids is 1. The first-order valence-electron chi connectivity index (χ1n) is 9.89. The van der Waals surface area contributed by atoms with Crippen molar-refractivity contribution < 1.29 is 18.7 Å². The Bertz CT molecular complexity index is 863. The number of ether oxygens (including phenoxy) is 2. The molecular weight excluding hydrogens is 409 g/mol. The van der Waals surface area contributed by atoms with Crippen molar-refractivity contribution in [3.05, 3.63) is 52.8 Å². The van der Waals surface area contributed by atoms with Crippen LogP contribution < -0.4 is 14.8 Å². The van der Waals surface area contributed by atoms with Crippen LogP contribution in [-0.4, -0.2) is 62.7 Å². The number of halogens is 2. The van der Waals surface area contributed by atoms with E-state index < -0.39 is 0 Å². The maximum atomic E-state index is 13.1. The van der Waals surface area contributed by atoms with Crippen molar-refractivity contribution in [1.82, 2.24) is 9.80 Å². The topological polar surface area (TPSA) is 54.0 Å². The van der Waals surface area contributed by atoms with Crippen molar-refractivity contribution in [1.29, 1.82) is 0 Å². The van der Waals surface area contributed by atoms with Crippen molar-refractivity contribution >= 4 is 23.2 Å². The van der Waals surface area contributed by atoms with Gasteiger partial charge in [-0.05, 0) is 37.2 Å². The predicted octanol–water partition coefficient (Wildman–Crippen LogP) is 3.64. The summed E-state index contributed by atoms with van der Waals surface area (Å²) in [4.78, 5) is 17.1. The fourth-order valence-corrected chi connectivity index (χ4v) is 3.77. The second-order valence-electron chi connectivity index (χ2n) is 7.27. The molecule has 1 heterocycles. The van der Waals surface area contributed by atoms with Crippen molar-refractivity contribution in [3.8, 4) is 11.5 Å². The Kier molecular flexibility index (Phi) is 7.90. The van der Waals surface area contributed by atoms with E-state index in [4.69, 9.17) is 21.1 Å². The summed E-state index contributed by atoms with van der Waals surface area (Å²) in [5.74, 6) is 0.612. The number of benzene rings is 2. The van der Waals surface area contributed by atoms with E-state index in [0.717, 1.165) is 44.7 Å².